The van der Waals surface area contributed by atoms with Crippen LogP contribution in [-0.2, 0) is 12.8 Å². The van der Waals surface area contributed by atoms with Crippen LogP contribution in [0.25, 0.3) is 0 Å². The lowest BCUT2D eigenvalue weighted by atomic mass is 10.1. The Morgan fingerprint density at radius 2 is 2.00 bits per heavy atom. The van der Waals surface area contributed by atoms with E-state index in [9.17, 15) is 4.79 Å². The maximum absolute atomic E-state index is 10.8. The van der Waals surface area contributed by atoms with Gasteiger partial charge in [-0.05, 0) is 31.0 Å². The van der Waals surface area contributed by atoms with E-state index >= 15 is 0 Å². The molecule has 0 unspecified atom stereocenters. The number of aryl methyl sites for hydroxylation is 3. The number of aromatic carboxylic acids is 1. The second-order valence-electron chi connectivity index (χ2n) is 3.95. The van der Waals surface area contributed by atoms with E-state index in [0.717, 1.165) is 12.0 Å². The third kappa shape index (κ3) is 2.90. The first-order chi connectivity index (χ1) is 8.56. The van der Waals surface area contributed by atoms with Gasteiger partial charge >= 0.3 is 5.97 Å². The number of carboxylic acid groups (broad SMARTS) is 1. The molecule has 0 atom stereocenters. The van der Waals surface area contributed by atoms with Crippen molar-refractivity contribution < 1.29 is 14.3 Å². The van der Waals surface area contributed by atoms with E-state index in [4.69, 9.17) is 21.1 Å². The Labute approximate surface area is 109 Å². The van der Waals surface area contributed by atoms with Crippen molar-refractivity contribution in [3.8, 4) is 0 Å². The number of aromatic nitrogens is 1. The summed E-state index contributed by atoms with van der Waals surface area (Å²) in [5.41, 5.74) is 1.51. The molecular formula is C13H12ClNO3. The predicted molar refractivity (Wildman–Crippen MR) is 67.1 cm³/mol. The van der Waals surface area contributed by atoms with Gasteiger partial charge in [0.25, 0.3) is 0 Å². The normalized spacial score (nSPS) is 10.6. The van der Waals surface area contributed by atoms with Gasteiger partial charge in [-0.2, -0.15) is 0 Å². The highest BCUT2D eigenvalue weighted by molar-refractivity contribution is 6.30. The predicted octanol–water partition coefficient (Wildman–Crippen LogP) is 3.12. The van der Waals surface area contributed by atoms with Gasteiger partial charge in [0.15, 0.2) is 5.89 Å². The first kappa shape index (κ1) is 12.6. The molecule has 0 spiro atoms. The SMILES string of the molecule is Cc1nc(CCc2ccc(Cl)cc2)oc1C(=O)O. The first-order valence-corrected chi connectivity index (χ1v) is 5.88. The molecular weight excluding hydrogens is 254 g/mol. The topological polar surface area (TPSA) is 63.3 Å². The fraction of sp³-hybridized carbons (Fsp3) is 0.231. The number of carbonyl (C=O) groups is 1. The molecule has 0 aliphatic carbocycles. The highest BCUT2D eigenvalue weighted by Gasteiger charge is 2.15. The van der Waals surface area contributed by atoms with E-state index in [1.807, 2.05) is 24.3 Å². The number of rotatable bonds is 4. The van der Waals surface area contributed by atoms with Gasteiger partial charge in [-0.15, -0.1) is 0 Å². The highest BCUT2D eigenvalue weighted by atomic mass is 35.5. The molecule has 0 bridgehead atoms. The van der Waals surface area contributed by atoms with Crippen molar-refractivity contribution in [1.82, 2.24) is 4.98 Å². The largest absolute Gasteiger partial charge is 0.475 e. The summed E-state index contributed by atoms with van der Waals surface area (Å²) in [5, 5.41) is 9.54. The monoisotopic (exact) mass is 265 g/mol. The van der Waals surface area contributed by atoms with E-state index in [1.165, 1.54) is 0 Å². The quantitative estimate of drug-likeness (QED) is 0.922. The second kappa shape index (κ2) is 5.23. The Balaban J connectivity index is 2.04. The molecule has 4 nitrogen and oxygen atoms in total. The van der Waals surface area contributed by atoms with Crippen molar-refractivity contribution in [3.05, 3.63) is 52.2 Å². The zero-order valence-electron chi connectivity index (χ0n) is 9.81. The van der Waals surface area contributed by atoms with Crippen LogP contribution in [0, 0.1) is 6.92 Å². The van der Waals surface area contributed by atoms with Gasteiger partial charge in [-0.25, -0.2) is 9.78 Å². The Hall–Kier alpha value is -1.81. The number of benzene rings is 1. The van der Waals surface area contributed by atoms with Crippen LogP contribution >= 0.6 is 11.6 Å². The highest BCUT2D eigenvalue weighted by Crippen LogP contribution is 2.14. The molecule has 1 aromatic carbocycles. The third-order valence-electron chi connectivity index (χ3n) is 2.58. The van der Waals surface area contributed by atoms with Gasteiger partial charge in [-0.3, -0.25) is 0 Å². The fourth-order valence-corrected chi connectivity index (χ4v) is 1.79. The number of oxazole rings is 1. The minimum Gasteiger partial charge on any atom is -0.475 e. The Morgan fingerprint density at radius 3 is 2.56 bits per heavy atom. The van der Waals surface area contributed by atoms with E-state index in [0.29, 0.717) is 23.0 Å². The molecule has 0 aliphatic rings. The van der Waals surface area contributed by atoms with Gasteiger partial charge in [0.1, 0.15) is 0 Å². The summed E-state index contributed by atoms with van der Waals surface area (Å²) in [6, 6.07) is 7.49. The van der Waals surface area contributed by atoms with Gasteiger partial charge in [0, 0.05) is 11.4 Å². The van der Waals surface area contributed by atoms with Crippen LogP contribution in [0.3, 0.4) is 0 Å². The molecule has 0 saturated carbocycles. The lowest BCUT2D eigenvalue weighted by Gasteiger charge is -1.98. The first-order valence-electron chi connectivity index (χ1n) is 5.50. The Morgan fingerprint density at radius 1 is 1.33 bits per heavy atom. The smallest absolute Gasteiger partial charge is 0.373 e. The molecule has 0 saturated heterocycles. The van der Waals surface area contributed by atoms with Crippen molar-refractivity contribution in [2.24, 2.45) is 0 Å². The molecule has 2 aromatic rings. The van der Waals surface area contributed by atoms with Gasteiger partial charge < -0.3 is 9.52 Å². The van der Waals surface area contributed by atoms with Crippen molar-refractivity contribution in [2.45, 2.75) is 19.8 Å². The minimum atomic E-state index is -1.09. The summed E-state index contributed by atoms with van der Waals surface area (Å²) in [6.45, 7) is 1.62. The summed E-state index contributed by atoms with van der Waals surface area (Å²) in [6.07, 6.45) is 1.30. The maximum Gasteiger partial charge on any atom is 0.373 e. The van der Waals surface area contributed by atoms with Crippen molar-refractivity contribution >= 4 is 17.6 Å². The number of halogens is 1. The standard InChI is InChI=1S/C13H12ClNO3/c1-8-12(13(16)17)18-11(15-8)7-4-9-2-5-10(14)6-3-9/h2-3,5-6H,4,7H2,1H3,(H,16,17). The van der Waals surface area contributed by atoms with Crippen LogP contribution in [-0.4, -0.2) is 16.1 Å². The van der Waals surface area contributed by atoms with E-state index in [2.05, 4.69) is 4.98 Å². The summed E-state index contributed by atoms with van der Waals surface area (Å²) < 4.78 is 5.18. The van der Waals surface area contributed by atoms with Crippen LogP contribution in [0.15, 0.2) is 28.7 Å². The fourth-order valence-electron chi connectivity index (χ4n) is 1.66. The molecule has 18 heavy (non-hydrogen) atoms. The zero-order valence-corrected chi connectivity index (χ0v) is 10.6. The minimum absolute atomic E-state index is 0.0823. The summed E-state index contributed by atoms with van der Waals surface area (Å²) in [7, 11) is 0. The van der Waals surface area contributed by atoms with E-state index in [1.54, 1.807) is 6.92 Å². The summed E-state index contributed by atoms with van der Waals surface area (Å²) in [4.78, 5) is 14.9. The lowest BCUT2D eigenvalue weighted by molar-refractivity contribution is 0.0659. The lowest BCUT2D eigenvalue weighted by Crippen LogP contribution is -1.95. The molecule has 5 heteroatoms. The number of carboxylic acids is 1. The van der Waals surface area contributed by atoms with Gasteiger partial charge in [0.05, 0.1) is 5.69 Å². The second-order valence-corrected chi connectivity index (χ2v) is 4.39. The molecule has 1 aromatic heterocycles. The average Bonchev–Trinajstić information content (AvgIpc) is 2.70. The van der Waals surface area contributed by atoms with Gasteiger partial charge in [0.2, 0.25) is 5.76 Å². The molecule has 2 rings (SSSR count). The molecule has 0 radical (unpaired) electrons. The molecule has 0 amide bonds. The number of nitrogens with zero attached hydrogens (tertiary/aromatic N) is 1. The molecule has 94 valence electrons. The van der Waals surface area contributed by atoms with E-state index in [-0.39, 0.29) is 5.76 Å². The molecule has 1 N–H and O–H groups in total. The molecule has 1 heterocycles. The van der Waals surface area contributed by atoms with Crippen LogP contribution in [0.4, 0.5) is 0 Å². The van der Waals surface area contributed by atoms with Crippen LogP contribution in [0.1, 0.15) is 27.7 Å². The number of hydrogen-bond acceptors (Lipinski definition) is 3. The summed E-state index contributed by atoms with van der Waals surface area (Å²) >= 11 is 5.79. The maximum atomic E-state index is 10.8. The van der Waals surface area contributed by atoms with Crippen molar-refractivity contribution in [2.75, 3.05) is 0 Å². The van der Waals surface area contributed by atoms with Crippen LogP contribution < -0.4 is 0 Å². The van der Waals surface area contributed by atoms with Crippen molar-refractivity contribution in [1.29, 1.82) is 0 Å². The van der Waals surface area contributed by atoms with Gasteiger partial charge in [-0.1, -0.05) is 23.7 Å². The Kier molecular flexibility index (Phi) is 3.67. The zero-order chi connectivity index (χ0) is 13.1. The summed E-state index contributed by atoms with van der Waals surface area (Å²) in [5.74, 6) is -0.723. The third-order valence-corrected chi connectivity index (χ3v) is 2.83. The van der Waals surface area contributed by atoms with Crippen LogP contribution in [0.2, 0.25) is 5.02 Å². The van der Waals surface area contributed by atoms with Crippen molar-refractivity contribution in [3.63, 3.8) is 0 Å². The molecule has 0 fully saturated rings. The molecule has 0 aliphatic heterocycles. The average molecular weight is 266 g/mol. The Bertz CT molecular complexity index is 560. The van der Waals surface area contributed by atoms with Crippen LogP contribution in [0.5, 0.6) is 0 Å². The van der Waals surface area contributed by atoms with E-state index < -0.39 is 5.97 Å². The number of hydrogen-bond donors (Lipinski definition) is 1.